The zero-order valence-electron chi connectivity index (χ0n) is 10.8. The van der Waals surface area contributed by atoms with E-state index in [-0.39, 0.29) is 29.1 Å². The number of hydrogen-bond acceptors (Lipinski definition) is 5. The van der Waals surface area contributed by atoms with Crippen molar-refractivity contribution < 1.29 is 13.2 Å². The van der Waals surface area contributed by atoms with Gasteiger partial charge in [-0.3, -0.25) is 9.20 Å². The average molecular weight is 337 g/mol. The Labute approximate surface area is 125 Å². The number of nitrogens with one attached hydrogen (secondary N) is 1. The molecule has 0 aliphatic rings. The van der Waals surface area contributed by atoms with E-state index in [4.69, 9.17) is 11.6 Å². The number of imidazole rings is 1. The first-order valence-electron chi connectivity index (χ1n) is 5.64. The summed E-state index contributed by atoms with van der Waals surface area (Å²) in [6, 6.07) is 0. The number of thiazole rings is 1. The SMILES string of the molecule is CN(C)C(=O)CCNS(=O)(=O)c1c(Cl)nc2sccn12. The van der Waals surface area contributed by atoms with E-state index in [0.717, 1.165) is 0 Å². The van der Waals surface area contributed by atoms with Crippen LogP contribution in [0.3, 0.4) is 0 Å². The number of halogens is 1. The number of sulfonamides is 1. The molecule has 0 bridgehead atoms. The molecule has 0 aromatic carbocycles. The highest BCUT2D eigenvalue weighted by Crippen LogP contribution is 2.25. The molecule has 0 fully saturated rings. The van der Waals surface area contributed by atoms with E-state index in [9.17, 15) is 13.2 Å². The maximum atomic E-state index is 12.2. The van der Waals surface area contributed by atoms with E-state index in [1.807, 2.05) is 0 Å². The van der Waals surface area contributed by atoms with Gasteiger partial charge in [-0.25, -0.2) is 18.1 Å². The zero-order valence-corrected chi connectivity index (χ0v) is 13.2. The van der Waals surface area contributed by atoms with Crippen molar-refractivity contribution in [2.75, 3.05) is 20.6 Å². The third-order valence-electron chi connectivity index (χ3n) is 2.56. The van der Waals surface area contributed by atoms with Crippen molar-refractivity contribution in [3.8, 4) is 0 Å². The van der Waals surface area contributed by atoms with Crippen LogP contribution < -0.4 is 4.72 Å². The van der Waals surface area contributed by atoms with Gasteiger partial charge in [0, 0.05) is 38.6 Å². The van der Waals surface area contributed by atoms with Crippen LogP contribution in [0.25, 0.3) is 4.96 Å². The van der Waals surface area contributed by atoms with Gasteiger partial charge in [0.25, 0.3) is 10.0 Å². The van der Waals surface area contributed by atoms with Crippen LogP contribution >= 0.6 is 22.9 Å². The Morgan fingerprint density at radius 3 is 2.90 bits per heavy atom. The first-order chi connectivity index (χ1) is 9.33. The minimum Gasteiger partial charge on any atom is -0.349 e. The van der Waals surface area contributed by atoms with Crippen LogP contribution in [0, 0.1) is 0 Å². The van der Waals surface area contributed by atoms with Crippen LogP contribution in [-0.2, 0) is 14.8 Å². The van der Waals surface area contributed by atoms with E-state index in [1.54, 1.807) is 25.7 Å². The third-order valence-corrected chi connectivity index (χ3v) is 5.18. The zero-order chi connectivity index (χ0) is 14.9. The second-order valence-corrected chi connectivity index (χ2v) is 7.11. The standard InChI is InChI=1S/C10H13ClN4O3S2/c1-14(2)7(16)3-4-12-20(17,18)9-8(11)13-10-15(9)5-6-19-10/h5-6,12H,3-4H2,1-2H3. The Balaban J connectivity index is 2.16. The fourth-order valence-electron chi connectivity index (χ4n) is 1.56. The molecular formula is C10H13ClN4O3S2. The quantitative estimate of drug-likeness (QED) is 0.875. The summed E-state index contributed by atoms with van der Waals surface area (Å²) in [5.74, 6) is -0.159. The van der Waals surface area contributed by atoms with Crippen LogP contribution in [0.1, 0.15) is 6.42 Å². The highest BCUT2D eigenvalue weighted by atomic mass is 35.5. The molecule has 0 radical (unpaired) electrons. The molecule has 10 heteroatoms. The number of aromatic nitrogens is 2. The lowest BCUT2D eigenvalue weighted by atomic mass is 10.4. The Morgan fingerprint density at radius 2 is 2.25 bits per heavy atom. The lowest BCUT2D eigenvalue weighted by Gasteiger charge is -2.10. The highest BCUT2D eigenvalue weighted by Gasteiger charge is 2.24. The summed E-state index contributed by atoms with van der Waals surface area (Å²) in [4.78, 5) is 17.3. The smallest absolute Gasteiger partial charge is 0.259 e. The number of fused-ring (bicyclic) bond motifs is 1. The Morgan fingerprint density at radius 1 is 1.55 bits per heavy atom. The van der Waals surface area contributed by atoms with Gasteiger partial charge in [-0.15, -0.1) is 11.3 Å². The van der Waals surface area contributed by atoms with Gasteiger partial charge < -0.3 is 4.90 Å². The highest BCUT2D eigenvalue weighted by molar-refractivity contribution is 7.89. The van der Waals surface area contributed by atoms with Crippen molar-refractivity contribution in [1.29, 1.82) is 0 Å². The van der Waals surface area contributed by atoms with Crippen LogP contribution in [0.4, 0.5) is 0 Å². The topological polar surface area (TPSA) is 83.8 Å². The van der Waals surface area contributed by atoms with E-state index in [1.165, 1.54) is 20.6 Å². The molecule has 110 valence electrons. The second kappa shape index (κ2) is 5.68. The molecular weight excluding hydrogens is 324 g/mol. The molecule has 0 saturated heterocycles. The van der Waals surface area contributed by atoms with Crippen molar-refractivity contribution in [1.82, 2.24) is 19.0 Å². The molecule has 0 aliphatic carbocycles. The summed E-state index contributed by atoms with van der Waals surface area (Å²) in [7, 11) is -0.590. The molecule has 2 heterocycles. The van der Waals surface area contributed by atoms with Crippen molar-refractivity contribution in [2.45, 2.75) is 11.4 Å². The molecule has 2 aromatic heterocycles. The van der Waals surface area contributed by atoms with Crippen LogP contribution in [0.5, 0.6) is 0 Å². The molecule has 1 N–H and O–H groups in total. The van der Waals surface area contributed by atoms with E-state index < -0.39 is 10.0 Å². The van der Waals surface area contributed by atoms with Gasteiger partial charge in [0.1, 0.15) is 0 Å². The molecule has 0 saturated carbocycles. The van der Waals surface area contributed by atoms with Crippen molar-refractivity contribution in [3.63, 3.8) is 0 Å². The monoisotopic (exact) mass is 336 g/mol. The van der Waals surface area contributed by atoms with Crippen molar-refractivity contribution >= 4 is 43.8 Å². The van der Waals surface area contributed by atoms with Gasteiger partial charge in [0.15, 0.2) is 15.1 Å². The Kier molecular flexibility index (Phi) is 4.33. The van der Waals surface area contributed by atoms with Crippen LogP contribution in [0.15, 0.2) is 16.6 Å². The van der Waals surface area contributed by atoms with Gasteiger partial charge in [-0.2, -0.15) is 0 Å². The third kappa shape index (κ3) is 2.95. The largest absolute Gasteiger partial charge is 0.349 e. The lowest BCUT2D eigenvalue weighted by molar-refractivity contribution is -0.128. The molecule has 1 amide bonds. The molecule has 20 heavy (non-hydrogen) atoms. The summed E-state index contributed by atoms with van der Waals surface area (Å²) in [6.07, 6.45) is 1.66. The molecule has 0 spiro atoms. The van der Waals surface area contributed by atoms with Gasteiger partial charge in [-0.1, -0.05) is 11.6 Å². The summed E-state index contributed by atoms with van der Waals surface area (Å²) < 4.78 is 28.2. The number of rotatable bonds is 5. The lowest BCUT2D eigenvalue weighted by Crippen LogP contribution is -2.30. The number of nitrogens with zero attached hydrogens (tertiary/aromatic N) is 3. The number of carbonyl (C=O) groups is 1. The second-order valence-electron chi connectivity index (χ2n) is 4.20. The summed E-state index contributed by atoms with van der Waals surface area (Å²) in [5.41, 5.74) is 0. The van der Waals surface area contributed by atoms with Gasteiger partial charge in [0.2, 0.25) is 5.91 Å². The molecule has 2 rings (SSSR count). The summed E-state index contributed by atoms with van der Waals surface area (Å²) >= 11 is 7.15. The molecule has 0 aliphatic heterocycles. The van der Waals surface area contributed by atoms with Crippen LogP contribution in [-0.4, -0.2) is 49.2 Å². The maximum absolute atomic E-state index is 12.2. The predicted octanol–water partition coefficient (Wildman–Crippen LogP) is 0.806. The van der Waals surface area contributed by atoms with E-state index >= 15 is 0 Å². The predicted molar refractivity (Wildman–Crippen MR) is 76.6 cm³/mol. The number of carbonyl (C=O) groups excluding carboxylic acids is 1. The molecule has 7 nitrogen and oxygen atoms in total. The summed E-state index contributed by atoms with van der Waals surface area (Å²) in [6.45, 7) is 0.00699. The number of amides is 1. The molecule has 0 unspecified atom stereocenters. The van der Waals surface area contributed by atoms with Gasteiger partial charge in [0.05, 0.1) is 0 Å². The molecule has 2 aromatic rings. The fourth-order valence-corrected chi connectivity index (χ4v) is 4.04. The Bertz CT molecular complexity index is 735. The molecule has 0 atom stereocenters. The van der Waals surface area contributed by atoms with Gasteiger partial charge >= 0.3 is 0 Å². The first-order valence-corrected chi connectivity index (χ1v) is 8.38. The van der Waals surface area contributed by atoms with E-state index in [0.29, 0.717) is 4.96 Å². The van der Waals surface area contributed by atoms with Crippen molar-refractivity contribution in [3.05, 3.63) is 16.7 Å². The first kappa shape index (κ1) is 15.2. The average Bonchev–Trinajstić information content (AvgIpc) is 2.87. The normalized spacial score (nSPS) is 11.9. The summed E-state index contributed by atoms with van der Waals surface area (Å²) in [5, 5.41) is 1.53. The minimum absolute atomic E-state index is 0.00699. The fraction of sp³-hybridized carbons (Fsp3) is 0.400. The Hall–Kier alpha value is -1.16. The maximum Gasteiger partial charge on any atom is 0.259 e. The van der Waals surface area contributed by atoms with Crippen molar-refractivity contribution in [2.24, 2.45) is 0 Å². The van der Waals surface area contributed by atoms with E-state index in [2.05, 4.69) is 9.71 Å². The minimum atomic E-state index is -3.81. The van der Waals surface area contributed by atoms with Crippen LogP contribution in [0.2, 0.25) is 5.15 Å². The van der Waals surface area contributed by atoms with Gasteiger partial charge in [-0.05, 0) is 0 Å². The number of hydrogen-bond donors (Lipinski definition) is 1.